The van der Waals surface area contributed by atoms with Crippen LogP contribution in [0.4, 0.5) is 0 Å². The van der Waals surface area contributed by atoms with Crippen LogP contribution >= 0.6 is 0 Å². The molecule has 5 atom stereocenters. The number of nitrogens with one attached hydrogen (secondary N) is 3. The van der Waals surface area contributed by atoms with Crippen molar-refractivity contribution in [2.75, 3.05) is 19.6 Å². The van der Waals surface area contributed by atoms with Gasteiger partial charge in [0.05, 0.1) is 6.17 Å². The maximum absolute atomic E-state index is 3.85. The fraction of sp³-hybridized carbons (Fsp3) is 1.00. The molecule has 3 N–H and O–H groups in total. The fourth-order valence-corrected chi connectivity index (χ4v) is 5.31. The second kappa shape index (κ2) is 4.77. The smallest absolute Gasteiger partial charge is 0.0610 e. The van der Waals surface area contributed by atoms with E-state index in [1.54, 1.807) is 0 Å². The van der Waals surface area contributed by atoms with Gasteiger partial charge in [0, 0.05) is 19.1 Å². The third-order valence-corrected chi connectivity index (χ3v) is 6.13. The van der Waals surface area contributed by atoms with Gasteiger partial charge in [0.2, 0.25) is 0 Å². The zero-order chi connectivity index (χ0) is 11.9. The quantitative estimate of drug-likeness (QED) is 0.656. The summed E-state index contributed by atoms with van der Waals surface area (Å²) in [7, 11) is 0. The lowest BCUT2D eigenvalue weighted by Crippen LogP contribution is -2.47. The Balaban J connectivity index is 1.51. The van der Waals surface area contributed by atoms with Crippen molar-refractivity contribution in [3.63, 3.8) is 0 Å². The molecule has 4 aliphatic rings. The van der Waals surface area contributed by atoms with Gasteiger partial charge >= 0.3 is 0 Å². The molecule has 102 valence electrons. The van der Waals surface area contributed by atoms with E-state index in [0.29, 0.717) is 6.17 Å². The average Bonchev–Trinajstić information content (AvgIpc) is 2.98. The van der Waals surface area contributed by atoms with Crippen LogP contribution in [0.5, 0.6) is 0 Å². The van der Waals surface area contributed by atoms with Gasteiger partial charge < -0.3 is 10.6 Å². The molecule has 0 amide bonds. The minimum atomic E-state index is 0.631. The van der Waals surface area contributed by atoms with Crippen LogP contribution in [0.3, 0.4) is 0 Å². The number of fused-ring (bicyclic) bond motifs is 3. The SMILES string of the molecule is C1CCC(C2CNC3NC4CNCCC4C32)CC1. The van der Waals surface area contributed by atoms with Crippen molar-refractivity contribution in [2.45, 2.75) is 50.7 Å². The van der Waals surface area contributed by atoms with E-state index in [9.17, 15) is 0 Å². The first kappa shape index (κ1) is 11.7. The number of rotatable bonds is 1. The minimum absolute atomic E-state index is 0.631. The molecule has 3 aliphatic heterocycles. The molecule has 0 spiro atoms. The summed E-state index contributed by atoms with van der Waals surface area (Å²) in [4.78, 5) is 0. The molecule has 0 aromatic rings. The van der Waals surface area contributed by atoms with E-state index >= 15 is 0 Å². The summed E-state index contributed by atoms with van der Waals surface area (Å²) in [6.07, 6.45) is 9.49. The maximum Gasteiger partial charge on any atom is 0.0610 e. The van der Waals surface area contributed by atoms with Gasteiger partial charge in [0.15, 0.2) is 0 Å². The second-order valence-corrected chi connectivity index (χ2v) is 6.96. The summed E-state index contributed by atoms with van der Waals surface area (Å²) in [6, 6.07) is 0.743. The zero-order valence-corrected chi connectivity index (χ0v) is 11.3. The average molecular weight is 249 g/mol. The van der Waals surface area contributed by atoms with Crippen LogP contribution in [0, 0.1) is 23.7 Å². The van der Waals surface area contributed by atoms with Crippen LogP contribution in [0.2, 0.25) is 0 Å². The van der Waals surface area contributed by atoms with Crippen molar-refractivity contribution in [2.24, 2.45) is 23.7 Å². The predicted molar refractivity (Wildman–Crippen MR) is 73.2 cm³/mol. The molecule has 18 heavy (non-hydrogen) atoms. The van der Waals surface area contributed by atoms with Crippen LogP contribution in [-0.2, 0) is 0 Å². The summed E-state index contributed by atoms with van der Waals surface area (Å²) < 4.78 is 0. The first-order valence-electron chi connectivity index (χ1n) is 8.13. The van der Waals surface area contributed by atoms with Gasteiger partial charge in [-0.25, -0.2) is 0 Å². The highest BCUT2D eigenvalue weighted by atomic mass is 15.2. The molecule has 4 rings (SSSR count). The summed E-state index contributed by atoms with van der Waals surface area (Å²) in [5.41, 5.74) is 0. The number of piperidine rings is 1. The maximum atomic E-state index is 3.85. The number of hydrogen-bond acceptors (Lipinski definition) is 3. The predicted octanol–water partition coefficient (Wildman–Crippen LogP) is 1.31. The molecule has 1 saturated carbocycles. The Bertz CT molecular complexity index is 300. The van der Waals surface area contributed by atoms with Crippen molar-refractivity contribution in [1.82, 2.24) is 16.0 Å². The largest absolute Gasteiger partial charge is 0.315 e. The van der Waals surface area contributed by atoms with E-state index in [0.717, 1.165) is 29.7 Å². The van der Waals surface area contributed by atoms with Gasteiger partial charge in [-0.3, -0.25) is 5.32 Å². The van der Waals surface area contributed by atoms with Crippen molar-refractivity contribution in [3.8, 4) is 0 Å². The van der Waals surface area contributed by atoms with Gasteiger partial charge in [-0.2, -0.15) is 0 Å². The Kier molecular flexibility index (Phi) is 3.10. The highest BCUT2D eigenvalue weighted by Crippen LogP contribution is 2.45. The summed E-state index contributed by atoms with van der Waals surface area (Å²) in [5.74, 6) is 3.87. The Morgan fingerprint density at radius 3 is 2.61 bits per heavy atom. The number of hydrogen-bond donors (Lipinski definition) is 3. The van der Waals surface area contributed by atoms with Gasteiger partial charge in [0.1, 0.15) is 0 Å². The Morgan fingerprint density at radius 1 is 0.833 bits per heavy atom. The standard InChI is InChI=1S/C15H27N3/c1-2-4-10(5-3-1)12-8-17-15-14(12)11-6-7-16-9-13(11)18-15/h10-18H,1-9H2. The lowest BCUT2D eigenvalue weighted by atomic mass is 9.70. The molecule has 0 bridgehead atoms. The fourth-order valence-electron chi connectivity index (χ4n) is 5.31. The zero-order valence-electron chi connectivity index (χ0n) is 11.3. The van der Waals surface area contributed by atoms with Crippen molar-refractivity contribution >= 4 is 0 Å². The highest BCUT2D eigenvalue weighted by Gasteiger charge is 2.51. The summed E-state index contributed by atoms with van der Waals surface area (Å²) in [6.45, 7) is 3.71. The van der Waals surface area contributed by atoms with Gasteiger partial charge in [-0.15, -0.1) is 0 Å². The molecule has 1 aliphatic carbocycles. The van der Waals surface area contributed by atoms with E-state index in [1.807, 2.05) is 0 Å². The van der Waals surface area contributed by atoms with E-state index in [1.165, 1.54) is 58.2 Å². The van der Waals surface area contributed by atoms with Crippen molar-refractivity contribution < 1.29 is 0 Å². The van der Waals surface area contributed by atoms with E-state index < -0.39 is 0 Å². The van der Waals surface area contributed by atoms with Gasteiger partial charge in [0.25, 0.3) is 0 Å². The molecule has 3 heteroatoms. The van der Waals surface area contributed by atoms with Crippen molar-refractivity contribution in [3.05, 3.63) is 0 Å². The molecule has 0 aromatic heterocycles. The Labute approximate surface area is 110 Å². The van der Waals surface area contributed by atoms with Gasteiger partial charge in [-0.05, 0) is 36.6 Å². The highest BCUT2D eigenvalue weighted by molar-refractivity contribution is 5.06. The monoisotopic (exact) mass is 249 g/mol. The Morgan fingerprint density at radius 2 is 1.72 bits per heavy atom. The van der Waals surface area contributed by atoms with E-state index in [-0.39, 0.29) is 0 Å². The van der Waals surface area contributed by atoms with E-state index in [4.69, 9.17) is 0 Å². The Hall–Kier alpha value is -0.120. The molecule has 0 aromatic carbocycles. The van der Waals surface area contributed by atoms with Crippen LogP contribution in [-0.4, -0.2) is 31.8 Å². The molecule has 3 heterocycles. The lowest BCUT2D eigenvalue weighted by molar-refractivity contribution is 0.159. The van der Waals surface area contributed by atoms with Gasteiger partial charge in [-0.1, -0.05) is 32.1 Å². The topological polar surface area (TPSA) is 36.1 Å². The summed E-state index contributed by atoms with van der Waals surface area (Å²) in [5, 5.41) is 11.2. The third kappa shape index (κ3) is 1.83. The van der Waals surface area contributed by atoms with Crippen molar-refractivity contribution in [1.29, 1.82) is 0 Å². The summed E-state index contributed by atoms with van der Waals surface area (Å²) >= 11 is 0. The first-order chi connectivity index (χ1) is 8.93. The molecule has 3 nitrogen and oxygen atoms in total. The normalized spacial score (nSPS) is 49.0. The third-order valence-electron chi connectivity index (χ3n) is 6.13. The van der Waals surface area contributed by atoms with E-state index in [2.05, 4.69) is 16.0 Å². The molecular weight excluding hydrogens is 222 g/mol. The van der Waals surface area contributed by atoms with Crippen LogP contribution in [0.1, 0.15) is 38.5 Å². The molecular formula is C15H27N3. The minimum Gasteiger partial charge on any atom is -0.315 e. The van der Waals surface area contributed by atoms with Crippen LogP contribution in [0.25, 0.3) is 0 Å². The first-order valence-corrected chi connectivity index (χ1v) is 8.13. The second-order valence-electron chi connectivity index (χ2n) is 6.96. The molecule has 4 fully saturated rings. The molecule has 5 unspecified atom stereocenters. The van der Waals surface area contributed by atoms with Crippen LogP contribution < -0.4 is 16.0 Å². The molecule has 0 radical (unpaired) electrons. The molecule has 3 saturated heterocycles. The lowest BCUT2D eigenvalue weighted by Gasteiger charge is -2.36. The van der Waals surface area contributed by atoms with Crippen LogP contribution in [0.15, 0.2) is 0 Å².